The van der Waals surface area contributed by atoms with Gasteiger partial charge in [-0.2, -0.15) is 5.10 Å². The summed E-state index contributed by atoms with van der Waals surface area (Å²) >= 11 is 0. The number of nitrogens with one attached hydrogen (secondary N) is 2. The molecular formula is C13H25N5O. The second-order valence-corrected chi connectivity index (χ2v) is 4.01. The largest absolute Gasteiger partial charge is 0.380 e. The lowest BCUT2D eigenvalue weighted by molar-refractivity contribution is 0.152. The summed E-state index contributed by atoms with van der Waals surface area (Å²) in [6.07, 6.45) is 4.74. The van der Waals surface area contributed by atoms with E-state index < -0.39 is 0 Å². The second-order valence-electron chi connectivity index (χ2n) is 4.01. The van der Waals surface area contributed by atoms with Crippen LogP contribution >= 0.6 is 0 Å². The molecule has 6 nitrogen and oxygen atoms in total. The van der Waals surface area contributed by atoms with Gasteiger partial charge in [0.25, 0.3) is 0 Å². The summed E-state index contributed by atoms with van der Waals surface area (Å²) in [6, 6.07) is 1.93. The van der Waals surface area contributed by atoms with E-state index in [1.54, 1.807) is 6.20 Å². The maximum Gasteiger partial charge on any atom is 0.191 e. The van der Waals surface area contributed by atoms with Gasteiger partial charge in [0.05, 0.1) is 6.61 Å². The van der Waals surface area contributed by atoms with E-state index in [-0.39, 0.29) is 0 Å². The van der Waals surface area contributed by atoms with Crippen LogP contribution in [0.4, 0.5) is 0 Å². The first-order chi connectivity index (χ1) is 9.36. The maximum absolute atomic E-state index is 5.28. The number of aromatic nitrogens is 2. The SMILES string of the molecule is CCNC(=NCCCn1cccn1)NCCOCC. The minimum Gasteiger partial charge on any atom is -0.380 e. The number of nitrogens with zero attached hydrogens (tertiary/aromatic N) is 3. The zero-order valence-electron chi connectivity index (χ0n) is 11.9. The van der Waals surface area contributed by atoms with Crippen LogP contribution < -0.4 is 10.6 Å². The lowest BCUT2D eigenvalue weighted by Crippen LogP contribution is -2.39. The van der Waals surface area contributed by atoms with Crippen molar-refractivity contribution < 1.29 is 4.74 Å². The number of hydrogen-bond acceptors (Lipinski definition) is 3. The minimum atomic E-state index is 0.703. The van der Waals surface area contributed by atoms with Gasteiger partial charge < -0.3 is 15.4 Å². The fourth-order valence-electron chi connectivity index (χ4n) is 1.58. The third kappa shape index (κ3) is 7.46. The van der Waals surface area contributed by atoms with Crippen LogP contribution in [0.1, 0.15) is 20.3 Å². The summed E-state index contributed by atoms with van der Waals surface area (Å²) in [6.45, 7) is 8.82. The zero-order chi connectivity index (χ0) is 13.8. The Balaban J connectivity index is 2.19. The van der Waals surface area contributed by atoms with Gasteiger partial charge in [0.2, 0.25) is 0 Å². The minimum absolute atomic E-state index is 0.703. The molecule has 108 valence electrons. The highest BCUT2D eigenvalue weighted by molar-refractivity contribution is 5.79. The van der Waals surface area contributed by atoms with Crippen molar-refractivity contribution >= 4 is 5.96 Å². The molecule has 1 aromatic rings. The fraction of sp³-hybridized carbons (Fsp3) is 0.692. The number of aliphatic imine (C=N–C) groups is 1. The molecule has 19 heavy (non-hydrogen) atoms. The van der Waals surface area contributed by atoms with E-state index in [0.717, 1.165) is 45.2 Å². The van der Waals surface area contributed by atoms with E-state index in [0.29, 0.717) is 6.61 Å². The highest BCUT2D eigenvalue weighted by atomic mass is 16.5. The third-order valence-electron chi connectivity index (χ3n) is 2.46. The topological polar surface area (TPSA) is 63.5 Å². The molecule has 0 fully saturated rings. The van der Waals surface area contributed by atoms with Crippen molar-refractivity contribution in [2.24, 2.45) is 4.99 Å². The molecule has 0 aliphatic carbocycles. The molecule has 0 amide bonds. The Hall–Kier alpha value is -1.56. The first-order valence-corrected chi connectivity index (χ1v) is 6.94. The van der Waals surface area contributed by atoms with Crippen molar-refractivity contribution in [3.63, 3.8) is 0 Å². The molecule has 1 heterocycles. The van der Waals surface area contributed by atoms with Crippen molar-refractivity contribution in [2.75, 3.05) is 32.8 Å². The van der Waals surface area contributed by atoms with Crippen molar-refractivity contribution in [2.45, 2.75) is 26.8 Å². The number of rotatable bonds is 9. The summed E-state index contributed by atoms with van der Waals surface area (Å²) < 4.78 is 7.20. The Bertz CT molecular complexity index is 337. The number of aryl methyl sites for hydroxylation is 1. The maximum atomic E-state index is 5.28. The normalized spacial score (nSPS) is 11.6. The van der Waals surface area contributed by atoms with Crippen molar-refractivity contribution in [3.05, 3.63) is 18.5 Å². The lowest BCUT2D eigenvalue weighted by Gasteiger charge is -2.11. The number of guanidine groups is 1. The number of ether oxygens (including phenoxy) is 1. The molecule has 0 aliphatic rings. The molecule has 0 aromatic carbocycles. The second kappa shape index (κ2) is 10.4. The summed E-state index contributed by atoms with van der Waals surface area (Å²) in [5.41, 5.74) is 0. The highest BCUT2D eigenvalue weighted by Crippen LogP contribution is 1.90. The van der Waals surface area contributed by atoms with Gasteiger partial charge in [0.1, 0.15) is 0 Å². The van der Waals surface area contributed by atoms with Gasteiger partial charge in [-0.1, -0.05) is 0 Å². The van der Waals surface area contributed by atoms with Crippen LogP contribution in [0.3, 0.4) is 0 Å². The van der Waals surface area contributed by atoms with Crippen molar-refractivity contribution in [1.82, 2.24) is 20.4 Å². The van der Waals surface area contributed by atoms with E-state index in [2.05, 4.69) is 27.6 Å². The highest BCUT2D eigenvalue weighted by Gasteiger charge is 1.96. The van der Waals surface area contributed by atoms with Crippen LogP contribution in [0.25, 0.3) is 0 Å². The Labute approximate surface area is 115 Å². The van der Waals surface area contributed by atoms with Crippen LogP contribution in [0, 0.1) is 0 Å². The Kier molecular flexibility index (Phi) is 8.46. The Morgan fingerprint density at radius 3 is 2.95 bits per heavy atom. The third-order valence-corrected chi connectivity index (χ3v) is 2.46. The monoisotopic (exact) mass is 267 g/mol. The molecular weight excluding hydrogens is 242 g/mol. The van der Waals surface area contributed by atoms with E-state index in [4.69, 9.17) is 4.74 Å². The molecule has 6 heteroatoms. The average molecular weight is 267 g/mol. The molecule has 2 N–H and O–H groups in total. The Morgan fingerprint density at radius 2 is 2.26 bits per heavy atom. The van der Waals surface area contributed by atoms with Gasteiger partial charge in [0.15, 0.2) is 5.96 Å². The van der Waals surface area contributed by atoms with Gasteiger partial charge in [-0.25, -0.2) is 0 Å². The van der Waals surface area contributed by atoms with Crippen LogP contribution in [0.2, 0.25) is 0 Å². The molecule has 0 bridgehead atoms. The Morgan fingerprint density at radius 1 is 1.37 bits per heavy atom. The molecule has 1 rings (SSSR count). The zero-order valence-corrected chi connectivity index (χ0v) is 11.9. The molecule has 0 radical (unpaired) electrons. The summed E-state index contributed by atoms with van der Waals surface area (Å²) in [5, 5.41) is 10.6. The molecule has 0 spiro atoms. The van der Waals surface area contributed by atoms with Crippen molar-refractivity contribution in [3.8, 4) is 0 Å². The van der Waals surface area contributed by atoms with Gasteiger partial charge in [0, 0.05) is 45.2 Å². The van der Waals surface area contributed by atoms with Crippen LogP contribution in [-0.2, 0) is 11.3 Å². The standard InChI is InChI=1S/C13H25N5O/c1-3-14-13(16-9-12-19-4-2)15-7-5-10-18-11-6-8-17-18/h6,8,11H,3-5,7,9-10,12H2,1-2H3,(H2,14,15,16). The summed E-state index contributed by atoms with van der Waals surface area (Å²) in [4.78, 5) is 4.51. The van der Waals surface area contributed by atoms with Gasteiger partial charge in [-0.3, -0.25) is 9.67 Å². The van der Waals surface area contributed by atoms with Crippen LogP contribution in [0.5, 0.6) is 0 Å². The van der Waals surface area contributed by atoms with Gasteiger partial charge in [-0.15, -0.1) is 0 Å². The fourth-order valence-corrected chi connectivity index (χ4v) is 1.58. The van der Waals surface area contributed by atoms with Gasteiger partial charge in [-0.05, 0) is 26.3 Å². The van der Waals surface area contributed by atoms with E-state index >= 15 is 0 Å². The number of hydrogen-bond donors (Lipinski definition) is 2. The molecule has 0 saturated heterocycles. The predicted molar refractivity (Wildman–Crippen MR) is 77.3 cm³/mol. The van der Waals surface area contributed by atoms with E-state index in [9.17, 15) is 0 Å². The van der Waals surface area contributed by atoms with Crippen LogP contribution in [-0.4, -0.2) is 48.6 Å². The van der Waals surface area contributed by atoms with Crippen molar-refractivity contribution in [1.29, 1.82) is 0 Å². The lowest BCUT2D eigenvalue weighted by atomic mass is 10.4. The van der Waals surface area contributed by atoms with E-state index in [1.165, 1.54) is 0 Å². The van der Waals surface area contributed by atoms with Gasteiger partial charge >= 0.3 is 0 Å². The van der Waals surface area contributed by atoms with E-state index in [1.807, 2.05) is 23.9 Å². The predicted octanol–water partition coefficient (Wildman–Crippen LogP) is 0.865. The molecule has 0 unspecified atom stereocenters. The van der Waals surface area contributed by atoms with Crippen LogP contribution in [0.15, 0.2) is 23.5 Å². The average Bonchev–Trinajstić information content (AvgIpc) is 2.92. The molecule has 0 atom stereocenters. The molecule has 1 aromatic heterocycles. The summed E-state index contributed by atoms with van der Waals surface area (Å²) in [7, 11) is 0. The first kappa shape index (κ1) is 15.5. The quantitative estimate of drug-likeness (QED) is 0.396. The smallest absolute Gasteiger partial charge is 0.191 e. The summed E-state index contributed by atoms with van der Waals surface area (Å²) in [5.74, 6) is 0.850. The molecule has 0 saturated carbocycles. The molecule has 0 aliphatic heterocycles. The first-order valence-electron chi connectivity index (χ1n) is 6.94.